The average Bonchev–Trinajstić information content (AvgIpc) is 3.38. The quantitative estimate of drug-likeness (QED) is 0.557. The molecule has 36 heavy (non-hydrogen) atoms. The summed E-state index contributed by atoms with van der Waals surface area (Å²) >= 11 is 0. The number of sulfone groups is 1. The first kappa shape index (κ1) is 24.8. The van der Waals surface area contributed by atoms with Gasteiger partial charge in [-0.3, -0.25) is 0 Å². The van der Waals surface area contributed by atoms with E-state index in [0.29, 0.717) is 18.5 Å². The monoisotopic (exact) mass is 519 g/mol. The zero-order valence-corrected chi connectivity index (χ0v) is 20.6. The predicted octanol–water partition coefficient (Wildman–Crippen LogP) is 3.40. The SMILES string of the molecule is C[C@@H]1NC[C@@H](c2ccccc2)S(=O)(=O)C1Cc1cc(F)c(N2CC[C@@H](n3cnnc3)[C@@H](F)C2)cc1F. The molecule has 7 nitrogen and oxygen atoms in total. The molecule has 0 bridgehead atoms. The van der Waals surface area contributed by atoms with E-state index < -0.39 is 50.2 Å². The maximum atomic E-state index is 15.2. The highest BCUT2D eigenvalue weighted by molar-refractivity contribution is 7.92. The van der Waals surface area contributed by atoms with E-state index in [1.54, 1.807) is 35.8 Å². The summed E-state index contributed by atoms with van der Waals surface area (Å²) in [7, 11) is -3.68. The van der Waals surface area contributed by atoms with Crippen LogP contribution in [0.5, 0.6) is 0 Å². The number of rotatable bonds is 5. The van der Waals surface area contributed by atoms with Crippen LogP contribution < -0.4 is 10.2 Å². The van der Waals surface area contributed by atoms with E-state index in [1.807, 2.05) is 6.07 Å². The fourth-order valence-corrected chi connectivity index (χ4v) is 7.69. The van der Waals surface area contributed by atoms with Crippen molar-refractivity contribution in [2.75, 3.05) is 24.5 Å². The van der Waals surface area contributed by atoms with Crippen molar-refractivity contribution in [3.8, 4) is 0 Å². The van der Waals surface area contributed by atoms with Gasteiger partial charge in [-0.05, 0) is 37.0 Å². The van der Waals surface area contributed by atoms with Crippen molar-refractivity contribution in [1.82, 2.24) is 20.1 Å². The molecule has 2 aromatic carbocycles. The van der Waals surface area contributed by atoms with Gasteiger partial charge in [-0.2, -0.15) is 0 Å². The van der Waals surface area contributed by atoms with Crippen LogP contribution in [0.4, 0.5) is 18.9 Å². The molecule has 3 aromatic rings. The lowest BCUT2D eigenvalue weighted by Crippen LogP contribution is -2.53. The Balaban J connectivity index is 1.35. The second kappa shape index (κ2) is 9.85. The molecule has 1 aromatic heterocycles. The molecule has 3 heterocycles. The van der Waals surface area contributed by atoms with Crippen LogP contribution in [0.25, 0.3) is 0 Å². The lowest BCUT2D eigenvalue weighted by Gasteiger charge is -2.37. The average molecular weight is 520 g/mol. The second-order valence-corrected chi connectivity index (χ2v) is 11.9. The van der Waals surface area contributed by atoms with Crippen LogP contribution in [0.3, 0.4) is 0 Å². The van der Waals surface area contributed by atoms with Gasteiger partial charge in [0.2, 0.25) is 0 Å². The summed E-state index contributed by atoms with van der Waals surface area (Å²) in [4.78, 5) is 1.49. The summed E-state index contributed by atoms with van der Waals surface area (Å²) < 4.78 is 73.8. The summed E-state index contributed by atoms with van der Waals surface area (Å²) in [6, 6.07) is 10.1. The Kier molecular flexibility index (Phi) is 6.78. The van der Waals surface area contributed by atoms with Crippen LogP contribution in [0.15, 0.2) is 55.1 Å². The van der Waals surface area contributed by atoms with Gasteiger partial charge in [-0.25, -0.2) is 21.6 Å². The molecular formula is C25H28F3N5O2S. The molecule has 0 saturated carbocycles. The minimum Gasteiger partial charge on any atom is -0.366 e. The fourth-order valence-electron chi connectivity index (χ4n) is 5.32. The zero-order chi connectivity index (χ0) is 25.4. The topological polar surface area (TPSA) is 80.1 Å². The molecule has 192 valence electrons. The minimum atomic E-state index is -3.68. The molecule has 5 rings (SSSR count). The van der Waals surface area contributed by atoms with Gasteiger partial charge in [-0.1, -0.05) is 30.3 Å². The zero-order valence-electron chi connectivity index (χ0n) is 19.8. The van der Waals surface area contributed by atoms with Gasteiger partial charge in [0.1, 0.15) is 30.5 Å². The van der Waals surface area contributed by atoms with Crippen molar-refractivity contribution in [3.63, 3.8) is 0 Å². The van der Waals surface area contributed by atoms with Crippen molar-refractivity contribution in [2.45, 2.75) is 48.5 Å². The second-order valence-electron chi connectivity index (χ2n) is 9.55. The Hall–Kier alpha value is -2.92. The summed E-state index contributed by atoms with van der Waals surface area (Å²) in [6.45, 7) is 2.23. The molecule has 11 heteroatoms. The Morgan fingerprint density at radius 1 is 1.08 bits per heavy atom. The smallest absolute Gasteiger partial charge is 0.163 e. The van der Waals surface area contributed by atoms with Gasteiger partial charge in [0.05, 0.1) is 28.8 Å². The lowest BCUT2D eigenvalue weighted by atomic mass is 10.00. The van der Waals surface area contributed by atoms with Crippen LogP contribution >= 0.6 is 0 Å². The van der Waals surface area contributed by atoms with Crippen LogP contribution in [0, 0.1) is 11.6 Å². The molecule has 1 N–H and O–H groups in total. The van der Waals surface area contributed by atoms with Crippen molar-refractivity contribution in [2.24, 2.45) is 0 Å². The van der Waals surface area contributed by atoms with Gasteiger partial charge >= 0.3 is 0 Å². The molecule has 0 amide bonds. The highest BCUT2D eigenvalue weighted by atomic mass is 32.2. The number of nitrogens with zero attached hydrogens (tertiary/aromatic N) is 4. The Morgan fingerprint density at radius 2 is 1.81 bits per heavy atom. The standard InChI is InChI=1S/C25H28F3N5O2S/c1-16-24(36(34,35)25(12-29-16)17-5-3-2-4-6-17)10-18-9-20(27)23(11-19(18)26)32-8-7-22(21(28)13-32)33-14-30-31-15-33/h2-6,9,11,14-16,21-22,24-25,29H,7-8,10,12-13H2,1H3/t16-,21-,22+,24?,25-/m0/s1. The number of alkyl halides is 1. The third-order valence-corrected chi connectivity index (χ3v) is 10.0. The normalized spacial score (nSPS) is 28.2. The number of anilines is 1. The molecule has 0 aliphatic carbocycles. The van der Waals surface area contributed by atoms with Gasteiger partial charge in [0.25, 0.3) is 0 Å². The summed E-state index contributed by atoms with van der Waals surface area (Å²) in [5.74, 6) is -1.40. The van der Waals surface area contributed by atoms with Crippen molar-refractivity contribution < 1.29 is 21.6 Å². The maximum absolute atomic E-state index is 15.2. The molecule has 2 fully saturated rings. The summed E-state index contributed by atoms with van der Waals surface area (Å²) in [5.41, 5.74) is 0.629. The Morgan fingerprint density at radius 3 is 2.50 bits per heavy atom. The van der Waals surface area contributed by atoms with E-state index in [1.165, 1.54) is 17.6 Å². The first-order chi connectivity index (χ1) is 17.3. The van der Waals surface area contributed by atoms with E-state index in [9.17, 15) is 12.8 Å². The molecule has 1 unspecified atom stereocenters. The summed E-state index contributed by atoms with van der Waals surface area (Å²) in [6.07, 6.45) is 1.79. The molecule has 2 aliphatic heterocycles. The number of nitrogens with one attached hydrogen (secondary N) is 1. The molecule has 2 aliphatic rings. The third kappa shape index (κ3) is 4.61. The van der Waals surface area contributed by atoms with Crippen LogP contribution in [-0.4, -0.2) is 60.3 Å². The lowest BCUT2D eigenvalue weighted by molar-refractivity contribution is 0.199. The number of aromatic nitrogens is 3. The number of benzene rings is 2. The molecule has 0 spiro atoms. The number of hydrogen-bond acceptors (Lipinski definition) is 6. The van der Waals surface area contributed by atoms with Crippen LogP contribution in [0.1, 0.15) is 35.8 Å². The fraction of sp³-hybridized carbons (Fsp3) is 0.440. The van der Waals surface area contributed by atoms with Gasteiger partial charge in [0, 0.05) is 25.2 Å². The van der Waals surface area contributed by atoms with E-state index in [4.69, 9.17) is 0 Å². The van der Waals surface area contributed by atoms with Crippen molar-refractivity contribution in [1.29, 1.82) is 0 Å². The minimum absolute atomic E-state index is 0.0108. The third-order valence-electron chi connectivity index (χ3n) is 7.38. The Bertz CT molecular complexity index is 1310. The number of halogens is 3. The Labute approximate surface area is 208 Å². The highest BCUT2D eigenvalue weighted by Crippen LogP contribution is 2.35. The number of hydrogen-bond donors (Lipinski definition) is 1. The van der Waals surface area contributed by atoms with E-state index >= 15 is 8.78 Å². The van der Waals surface area contributed by atoms with Gasteiger partial charge in [0.15, 0.2) is 9.84 Å². The van der Waals surface area contributed by atoms with Crippen LogP contribution in [0.2, 0.25) is 0 Å². The number of piperidine rings is 1. The van der Waals surface area contributed by atoms with Gasteiger partial charge < -0.3 is 14.8 Å². The molecular weight excluding hydrogens is 491 g/mol. The van der Waals surface area contributed by atoms with E-state index in [0.717, 1.165) is 12.1 Å². The van der Waals surface area contributed by atoms with E-state index in [2.05, 4.69) is 15.5 Å². The van der Waals surface area contributed by atoms with Crippen LogP contribution in [-0.2, 0) is 16.3 Å². The van der Waals surface area contributed by atoms with E-state index in [-0.39, 0.29) is 30.8 Å². The van der Waals surface area contributed by atoms with Crippen molar-refractivity contribution >= 4 is 15.5 Å². The first-order valence-electron chi connectivity index (χ1n) is 12.0. The molecule has 0 radical (unpaired) electrons. The maximum Gasteiger partial charge on any atom is 0.163 e. The molecule has 2 saturated heterocycles. The predicted molar refractivity (Wildman–Crippen MR) is 130 cm³/mol. The van der Waals surface area contributed by atoms with Crippen molar-refractivity contribution in [3.05, 3.63) is 77.9 Å². The largest absolute Gasteiger partial charge is 0.366 e. The first-order valence-corrected chi connectivity index (χ1v) is 13.6. The van der Waals surface area contributed by atoms with Gasteiger partial charge in [-0.15, -0.1) is 10.2 Å². The highest BCUT2D eigenvalue weighted by Gasteiger charge is 2.43. The molecule has 5 atom stereocenters. The summed E-state index contributed by atoms with van der Waals surface area (Å²) in [5, 5.41) is 8.94.